The normalized spacial score (nSPS) is 13.8. The molecule has 0 radical (unpaired) electrons. The monoisotopic (exact) mass is 524 g/mol. The van der Waals surface area contributed by atoms with Crippen molar-refractivity contribution in [1.29, 1.82) is 0 Å². The Morgan fingerprint density at radius 2 is 1.58 bits per heavy atom. The van der Waals surface area contributed by atoms with E-state index in [1.807, 2.05) is 44.2 Å². The van der Waals surface area contributed by atoms with Crippen molar-refractivity contribution in [1.82, 2.24) is 9.88 Å². The van der Waals surface area contributed by atoms with Crippen LogP contribution >= 0.6 is 0 Å². The molecule has 0 unspecified atom stereocenters. The fourth-order valence-corrected chi connectivity index (χ4v) is 4.66. The molecule has 4 rings (SSSR count). The van der Waals surface area contributed by atoms with Gasteiger partial charge in [-0.15, -0.1) is 0 Å². The lowest BCUT2D eigenvalue weighted by atomic mass is 9.93. The molecule has 0 aliphatic carbocycles. The lowest BCUT2D eigenvalue weighted by Crippen LogP contribution is -2.36. The maximum Gasteiger partial charge on any atom is 0.340 e. The Bertz CT molecular complexity index is 1270. The third-order valence-corrected chi connectivity index (χ3v) is 6.35. The molecule has 9 nitrogen and oxygen atoms in total. The zero-order valence-corrected chi connectivity index (χ0v) is 22.8. The molecule has 0 atom stereocenters. The summed E-state index contributed by atoms with van der Waals surface area (Å²) in [4.78, 5) is 20.8. The van der Waals surface area contributed by atoms with Crippen LogP contribution in [0.5, 0.6) is 23.0 Å². The van der Waals surface area contributed by atoms with E-state index in [2.05, 4.69) is 4.90 Å². The highest BCUT2D eigenvalue weighted by Crippen LogP contribution is 2.42. The van der Waals surface area contributed by atoms with Crippen molar-refractivity contribution >= 4 is 16.9 Å². The molecule has 3 aromatic rings. The molecular formula is C29H36N2O7. The van der Waals surface area contributed by atoms with E-state index in [9.17, 15) is 4.79 Å². The first-order chi connectivity index (χ1) is 18.5. The first-order valence-electron chi connectivity index (χ1n) is 13.0. The van der Waals surface area contributed by atoms with Crippen LogP contribution < -0.4 is 18.9 Å². The van der Waals surface area contributed by atoms with Gasteiger partial charge in [-0.1, -0.05) is 6.07 Å². The second-order valence-corrected chi connectivity index (χ2v) is 8.67. The third kappa shape index (κ3) is 5.79. The van der Waals surface area contributed by atoms with Gasteiger partial charge in [0.1, 0.15) is 0 Å². The summed E-state index contributed by atoms with van der Waals surface area (Å²) in [7, 11) is 3.18. The molecule has 0 saturated carbocycles. The fraction of sp³-hybridized carbons (Fsp3) is 0.448. The summed E-state index contributed by atoms with van der Waals surface area (Å²) in [5, 5.41) is 0.748. The van der Waals surface area contributed by atoms with Gasteiger partial charge in [-0.2, -0.15) is 0 Å². The van der Waals surface area contributed by atoms with Crippen LogP contribution in [0.2, 0.25) is 0 Å². The number of carbonyl (C=O) groups excluding carboxylic acids is 1. The molecule has 0 spiro atoms. The van der Waals surface area contributed by atoms with Crippen LogP contribution in [0.3, 0.4) is 0 Å². The van der Waals surface area contributed by atoms with Crippen molar-refractivity contribution in [2.45, 2.75) is 27.3 Å². The number of nitrogens with zero attached hydrogens (tertiary/aromatic N) is 2. The smallest absolute Gasteiger partial charge is 0.340 e. The first kappa shape index (κ1) is 27.5. The van der Waals surface area contributed by atoms with Crippen molar-refractivity contribution < 1.29 is 33.2 Å². The van der Waals surface area contributed by atoms with Gasteiger partial charge in [0.05, 0.1) is 64.0 Å². The standard InChI is InChI=1S/C29H36N2O7/c1-6-36-25-16-20-21(17-26(25)37-7-2)30-22(18-31-11-13-35-14-12-31)28(29(32)38-8-3)27(20)19-9-10-23(33-4)24(15-19)34-5/h9-10,15-17H,6-8,11-14,18H2,1-5H3. The molecule has 9 heteroatoms. The minimum absolute atomic E-state index is 0.243. The van der Waals surface area contributed by atoms with Gasteiger partial charge in [0, 0.05) is 36.7 Å². The third-order valence-electron chi connectivity index (χ3n) is 6.35. The second kappa shape index (κ2) is 12.8. The zero-order valence-electron chi connectivity index (χ0n) is 22.8. The zero-order chi connectivity index (χ0) is 27.1. The van der Waals surface area contributed by atoms with E-state index in [4.69, 9.17) is 33.4 Å². The minimum atomic E-state index is -0.429. The molecule has 1 aliphatic heterocycles. The molecule has 1 saturated heterocycles. The van der Waals surface area contributed by atoms with E-state index in [0.29, 0.717) is 78.3 Å². The quantitative estimate of drug-likeness (QED) is 0.331. The van der Waals surface area contributed by atoms with Gasteiger partial charge in [0.2, 0.25) is 0 Å². The van der Waals surface area contributed by atoms with Crippen LogP contribution in [0.25, 0.3) is 22.0 Å². The molecule has 0 N–H and O–H groups in total. The van der Waals surface area contributed by atoms with E-state index in [1.165, 1.54) is 0 Å². The highest BCUT2D eigenvalue weighted by Gasteiger charge is 2.27. The summed E-state index contributed by atoms with van der Waals surface area (Å²) in [6.07, 6.45) is 0. The van der Waals surface area contributed by atoms with Crippen molar-refractivity contribution in [3.8, 4) is 34.1 Å². The highest BCUT2D eigenvalue weighted by molar-refractivity contribution is 6.08. The summed E-state index contributed by atoms with van der Waals surface area (Å²) in [6, 6.07) is 9.38. The summed E-state index contributed by atoms with van der Waals surface area (Å²) in [6.45, 7) is 10.1. The summed E-state index contributed by atoms with van der Waals surface area (Å²) in [5.74, 6) is 1.90. The van der Waals surface area contributed by atoms with Gasteiger partial charge < -0.3 is 28.4 Å². The largest absolute Gasteiger partial charge is 0.493 e. The Balaban J connectivity index is 2.05. The van der Waals surface area contributed by atoms with E-state index in [-0.39, 0.29) is 6.61 Å². The van der Waals surface area contributed by atoms with Crippen LogP contribution in [0, 0.1) is 0 Å². The number of methoxy groups -OCH3 is 2. The number of hydrogen-bond donors (Lipinski definition) is 0. The van der Waals surface area contributed by atoms with Crippen LogP contribution in [0.4, 0.5) is 0 Å². The van der Waals surface area contributed by atoms with E-state index in [1.54, 1.807) is 21.1 Å². The van der Waals surface area contributed by atoms with E-state index >= 15 is 0 Å². The molecule has 1 fully saturated rings. The maximum absolute atomic E-state index is 13.6. The van der Waals surface area contributed by atoms with Crippen molar-refractivity contribution in [2.75, 3.05) is 60.3 Å². The number of carbonyl (C=O) groups is 1. The topological polar surface area (TPSA) is 88.6 Å². The van der Waals surface area contributed by atoms with Crippen LogP contribution in [0.15, 0.2) is 30.3 Å². The SMILES string of the molecule is CCOC(=O)c1c(CN2CCOCC2)nc2cc(OCC)c(OCC)cc2c1-c1ccc(OC)c(OC)c1. The van der Waals surface area contributed by atoms with Gasteiger partial charge in [-0.25, -0.2) is 4.79 Å². The van der Waals surface area contributed by atoms with E-state index in [0.717, 1.165) is 24.0 Å². The Morgan fingerprint density at radius 3 is 2.21 bits per heavy atom. The number of pyridine rings is 1. The molecule has 204 valence electrons. The van der Waals surface area contributed by atoms with Gasteiger partial charge in [-0.05, 0) is 44.5 Å². The lowest BCUT2D eigenvalue weighted by molar-refractivity contribution is 0.0331. The Morgan fingerprint density at radius 1 is 0.895 bits per heavy atom. The molecule has 2 aromatic carbocycles. The average Bonchev–Trinajstić information content (AvgIpc) is 2.93. The van der Waals surface area contributed by atoms with Gasteiger partial charge in [0.25, 0.3) is 0 Å². The predicted octanol–water partition coefficient (Wildman–Crippen LogP) is 4.73. The number of hydrogen-bond acceptors (Lipinski definition) is 9. The number of esters is 1. The summed E-state index contributed by atoms with van der Waals surface area (Å²) in [5.41, 5.74) is 3.21. The number of morpholine rings is 1. The predicted molar refractivity (Wildman–Crippen MR) is 145 cm³/mol. The second-order valence-electron chi connectivity index (χ2n) is 8.67. The van der Waals surface area contributed by atoms with Crippen molar-refractivity contribution in [2.24, 2.45) is 0 Å². The van der Waals surface area contributed by atoms with Gasteiger partial charge in [-0.3, -0.25) is 9.88 Å². The van der Waals surface area contributed by atoms with Crippen molar-refractivity contribution in [3.63, 3.8) is 0 Å². The summed E-state index contributed by atoms with van der Waals surface area (Å²) >= 11 is 0. The number of aromatic nitrogens is 1. The number of ether oxygens (including phenoxy) is 6. The molecule has 0 bridgehead atoms. The Kier molecular flexibility index (Phi) is 9.25. The van der Waals surface area contributed by atoms with Gasteiger partial charge in [0.15, 0.2) is 23.0 Å². The maximum atomic E-state index is 13.6. The van der Waals surface area contributed by atoms with E-state index < -0.39 is 5.97 Å². The Hall–Kier alpha value is -3.56. The number of rotatable bonds is 11. The molecule has 1 aliphatic rings. The highest BCUT2D eigenvalue weighted by atomic mass is 16.5. The number of benzene rings is 2. The Labute approximate surface area is 223 Å². The van der Waals surface area contributed by atoms with Gasteiger partial charge >= 0.3 is 5.97 Å². The van der Waals surface area contributed by atoms with Crippen molar-refractivity contribution in [3.05, 3.63) is 41.6 Å². The molecular weight excluding hydrogens is 488 g/mol. The molecule has 38 heavy (non-hydrogen) atoms. The van der Waals surface area contributed by atoms with Crippen LogP contribution in [0.1, 0.15) is 36.8 Å². The first-order valence-corrected chi connectivity index (χ1v) is 13.0. The van der Waals surface area contributed by atoms with Crippen LogP contribution in [-0.2, 0) is 16.0 Å². The number of fused-ring (bicyclic) bond motifs is 1. The molecule has 2 heterocycles. The average molecular weight is 525 g/mol. The minimum Gasteiger partial charge on any atom is -0.493 e. The van der Waals surface area contributed by atoms with Crippen LogP contribution in [-0.4, -0.2) is 76.2 Å². The fourth-order valence-electron chi connectivity index (χ4n) is 4.66. The summed E-state index contributed by atoms with van der Waals surface area (Å²) < 4.78 is 34.0. The molecule has 1 aromatic heterocycles. The lowest BCUT2D eigenvalue weighted by Gasteiger charge is -2.27. The molecule has 0 amide bonds.